The van der Waals surface area contributed by atoms with Crippen LogP contribution in [-0.4, -0.2) is 17.5 Å². The fourth-order valence-electron chi connectivity index (χ4n) is 1.25. The maximum Gasteiger partial charge on any atom is 0.315 e. The lowest BCUT2D eigenvalue weighted by Gasteiger charge is -2.27. The second kappa shape index (κ2) is 3.55. The zero-order valence-electron chi connectivity index (χ0n) is 7.36. The van der Waals surface area contributed by atoms with Crippen molar-refractivity contribution in [3.63, 3.8) is 0 Å². The van der Waals surface area contributed by atoms with Gasteiger partial charge in [0.15, 0.2) is 0 Å². The highest BCUT2D eigenvalue weighted by Gasteiger charge is 2.35. The third kappa shape index (κ3) is 2.27. The van der Waals surface area contributed by atoms with Gasteiger partial charge < -0.3 is 4.74 Å². The number of hydrogen-bond donors (Lipinski definition) is 0. The van der Waals surface area contributed by atoms with Crippen LogP contribution in [0, 0.1) is 15.5 Å². The van der Waals surface area contributed by atoms with E-state index in [2.05, 4.69) is 0 Å². The Balaban J connectivity index is 2.72. The summed E-state index contributed by atoms with van der Waals surface area (Å²) in [5.41, 5.74) is -0.814. The minimum Gasteiger partial charge on any atom is -0.465 e. The Labute approximate surface area is 75.5 Å². The SMILES string of the molecule is C[C@]1(/C=C/[N+](=O)[O-])CCCOC1=O. The van der Waals surface area contributed by atoms with E-state index in [-0.39, 0.29) is 5.97 Å². The van der Waals surface area contributed by atoms with Crippen LogP contribution in [0.1, 0.15) is 19.8 Å². The molecule has 0 aliphatic carbocycles. The summed E-state index contributed by atoms with van der Waals surface area (Å²) in [5.74, 6) is -0.378. The number of hydrogen-bond acceptors (Lipinski definition) is 4. The van der Waals surface area contributed by atoms with Crippen molar-refractivity contribution in [1.82, 2.24) is 0 Å². The normalized spacial score (nSPS) is 28.8. The molecule has 5 nitrogen and oxygen atoms in total. The zero-order chi connectivity index (χ0) is 9.90. The first kappa shape index (κ1) is 9.70. The Bertz CT molecular complexity index is 261. The van der Waals surface area contributed by atoms with Gasteiger partial charge in [-0.05, 0) is 19.8 Å². The molecule has 0 aromatic rings. The van der Waals surface area contributed by atoms with Crippen molar-refractivity contribution in [2.45, 2.75) is 19.8 Å². The molecule has 1 rings (SSSR count). The van der Waals surface area contributed by atoms with E-state index in [1.165, 1.54) is 6.08 Å². The van der Waals surface area contributed by atoms with Gasteiger partial charge in [-0.1, -0.05) is 0 Å². The molecule has 0 unspecified atom stereocenters. The molecule has 1 atom stereocenters. The Morgan fingerprint density at radius 2 is 2.38 bits per heavy atom. The number of carbonyl (C=O) groups is 1. The van der Waals surface area contributed by atoms with Crippen LogP contribution in [-0.2, 0) is 9.53 Å². The van der Waals surface area contributed by atoms with Gasteiger partial charge in [0.2, 0.25) is 6.20 Å². The van der Waals surface area contributed by atoms with E-state index < -0.39 is 10.3 Å². The Morgan fingerprint density at radius 3 is 2.92 bits per heavy atom. The van der Waals surface area contributed by atoms with Crippen molar-refractivity contribution in [3.05, 3.63) is 22.4 Å². The molecular weight excluding hydrogens is 174 g/mol. The summed E-state index contributed by atoms with van der Waals surface area (Å²) in [5, 5.41) is 10.1. The third-order valence-electron chi connectivity index (χ3n) is 2.10. The lowest BCUT2D eigenvalue weighted by molar-refractivity contribution is -0.403. The molecule has 1 aliphatic heterocycles. The Hall–Kier alpha value is -1.39. The average Bonchev–Trinajstić information content (AvgIpc) is 2.07. The molecule has 0 radical (unpaired) electrons. The van der Waals surface area contributed by atoms with Gasteiger partial charge in [-0.25, -0.2) is 0 Å². The molecule has 72 valence electrons. The molecular formula is C8H11NO4. The topological polar surface area (TPSA) is 69.4 Å². The van der Waals surface area contributed by atoms with Gasteiger partial charge in [-0.2, -0.15) is 0 Å². The van der Waals surface area contributed by atoms with Crippen LogP contribution >= 0.6 is 0 Å². The van der Waals surface area contributed by atoms with E-state index in [0.29, 0.717) is 13.0 Å². The predicted molar refractivity (Wildman–Crippen MR) is 44.4 cm³/mol. The van der Waals surface area contributed by atoms with Crippen molar-refractivity contribution >= 4 is 5.97 Å². The first-order valence-electron chi connectivity index (χ1n) is 4.05. The van der Waals surface area contributed by atoms with Crippen molar-refractivity contribution in [2.75, 3.05) is 6.61 Å². The molecule has 13 heavy (non-hydrogen) atoms. The van der Waals surface area contributed by atoms with Gasteiger partial charge in [0, 0.05) is 6.08 Å². The highest BCUT2D eigenvalue weighted by Crippen LogP contribution is 2.30. The van der Waals surface area contributed by atoms with Crippen LogP contribution in [0.4, 0.5) is 0 Å². The number of nitrogens with zero attached hydrogens (tertiary/aromatic N) is 1. The number of carbonyl (C=O) groups excluding carboxylic acids is 1. The molecule has 1 aliphatic rings. The van der Waals surface area contributed by atoms with Crippen molar-refractivity contribution < 1.29 is 14.5 Å². The first-order valence-corrected chi connectivity index (χ1v) is 4.05. The quantitative estimate of drug-likeness (QED) is 0.367. The summed E-state index contributed by atoms with van der Waals surface area (Å²) < 4.78 is 4.81. The van der Waals surface area contributed by atoms with E-state index in [1.54, 1.807) is 6.92 Å². The summed E-state index contributed by atoms with van der Waals surface area (Å²) in [7, 11) is 0. The number of rotatable bonds is 2. The summed E-state index contributed by atoms with van der Waals surface area (Å²) in [4.78, 5) is 20.7. The van der Waals surface area contributed by atoms with E-state index in [1.807, 2.05) is 0 Å². The minimum atomic E-state index is -0.814. The van der Waals surface area contributed by atoms with Gasteiger partial charge in [-0.3, -0.25) is 14.9 Å². The smallest absolute Gasteiger partial charge is 0.315 e. The maximum absolute atomic E-state index is 11.2. The monoisotopic (exact) mass is 185 g/mol. The average molecular weight is 185 g/mol. The minimum absolute atomic E-state index is 0.378. The summed E-state index contributed by atoms with van der Waals surface area (Å²) in [6, 6.07) is 0. The molecule has 0 saturated carbocycles. The van der Waals surface area contributed by atoms with E-state index >= 15 is 0 Å². The predicted octanol–water partition coefficient (Wildman–Crippen LogP) is 1.12. The van der Waals surface area contributed by atoms with Crippen LogP contribution in [0.5, 0.6) is 0 Å². The lowest BCUT2D eigenvalue weighted by atomic mass is 9.84. The number of cyclic esters (lactones) is 1. The van der Waals surface area contributed by atoms with Gasteiger partial charge >= 0.3 is 5.97 Å². The third-order valence-corrected chi connectivity index (χ3v) is 2.10. The number of nitro groups is 1. The molecule has 1 saturated heterocycles. The lowest BCUT2D eigenvalue weighted by Crippen LogP contribution is -2.33. The molecule has 0 amide bonds. The van der Waals surface area contributed by atoms with Crippen molar-refractivity contribution in [2.24, 2.45) is 5.41 Å². The molecule has 1 heterocycles. The largest absolute Gasteiger partial charge is 0.465 e. The second-order valence-electron chi connectivity index (χ2n) is 3.26. The standard InChI is InChI=1S/C8H11NO4/c1-8(4-5-9(11)12)3-2-6-13-7(8)10/h4-5H,2-3,6H2,1H3/b5-4+/t8-/m1/s1. The van der Waals surface area contributed by atoms with Crippen molar-refractivity contribution in [3.8, 4) is 0 Å². The van der Waals surface area contributed by atoms with Gasteiger partial charge in [0.1, 0.15) is 0 Å². The molecule has 0 spiro atoms. The fraction of sp³-hybridized carbons (Fsp3) is 0.625. The van der Waals surface area contributed by atoms with E-state index in [4.69, 9.17) is 4.74 Å². The molecule has 5 heteroatoms. The molecule has 1 fully saturated rings. The Kier molecular flexibility index (Phi) is 2.65. The number of esters is 1. The highest BCUT2D eigenvalue weighted by molar-refractivity contribution is 5.79. The van der Waals surface area contributed by atoms with E-state index in [0.717, 1.165) is 12.6 Å². The highest BCUT2D eigenvalue weighted by atomic mass is 16.6. The van der Waals surface area contributed by atoms with Gasteiger partial charge in [0.25, 0.3) is 0 Å². The second-order valence-corrected chi connectivity index (χ2v) is 3.26. The maximum atomic E-state index is 11.2. The van der Waals surface area contributed by atoms with Crippen LogP contribution in [0.15, 0.2) is 12.3 Å². The molecule has 0 aromatic heterocycles. The molecule has 0 bridgehead atoms. The van der Waals surface area contributed by atoms with E-state index in [9.17, 15) is 14.9 Å². The summed E-state index contributed by atoms with van der Waals surface area (Å²) >= 11 is 0. The molecule has 0 aromatic carbocycles. The fourth-order valence-corrected chi connectivity index (χ4v) is 1.25. The summed E-state index contributed by atoms with van der Waals surface area (Å²) in [6.45, 7) is 2.06. The van der Waals surface area contributed by atoms with Crippen LogP contribution in [0.2, 0.25) is 0 Å². The van der Waals surface area contributed by atoms with Crippen molar-refractivity contribution in [1.29, 1.82) is 0 Å². The first-order chi connectivity index (χ1) is 6.04. The van der Waals surface area contributed by atoms with Crippen LogP contribution in [0.3, 0.4) is 0 Å². The Morgan fingerprint density at radius 1 is 1.69 bits per heavy atom. The molecule has 0 N–H and O–H groups in total. The zero-order valence-corrected chi connectivity index (χ0v) is 7.36. The van der Waals surface area contributed by atoms with Crippen LogP contribution < -0.4 is 0 Å². The summed E-state index contributed by atoms with van der Waals surface area (Å²) in [6.07, 6.45) is 3.46. The van der Waals surface area contributed by atoms with Gasteiger partial charge in [0.05, 0.1) is 16.9 Å². The number of ether oxygens (including phenoxy) is 1. The van der Waals surface area contributed by atoms with Crippen LogP contribution in [0.25, 0.3) is 0 Å². The van der Waals surface area contributed by atoms with Gasteiger partial charge in [-0.15, -0.1) is 0 Å².